The minimum Gasteiger partial charge on any atom is -0.460 e. The third kappa shape index (κ3) is 7.65. The summed E-state index contributed by atoms with van der Waals surface area (Å²) in [6, 6.07) is 9.46. The summed E-state index contributed by atoms with van der Waals surface area (Å²) in [5.74, 6) is -1.37. The maximum absolute atomic E-state index is 13.0. The van der Waals surface area contributed by atoms with E-state index in [1.807, 2.05) is 30.3 Å². The van der Waals surface area contributed by atoms with Crippen molar-refractivity contribution >= 4 is 26.0 Å². The fourth-order valence-electron chi connectivity index (χ4n) is 3.28. The molecule has 0 radical (unpaired) electrons. The van der Waals surface area contributed by atoms with Crippen LogP contribution in [0.4, 0.5) is 0 Å². The Kier molecular flexibility index (Phi) is 9.63. The molecule has 0 saturated carbocycles. The average molecular weight is 478 g/mol. The second kappa shape index (κ2) is 11.8. The number of carbonyl (C=O) groups is 2. The molecule has 1 aliphatic rings. The number of hydrogen-bond acceptors (Lipinski definition) is 6. The number of esters is 1. The lowest BCUT2D eigenvalue weighted by Crippen LogP contribution is -2.41. The van der Waals surface area contributed by atoms with E-state index in [0.717, 1.165) is 12.0 Å². The van der Waals surface area contributed by atoms with Crippen molar-refractivity contribution in [2.45, 2.75) is 83.8 Å². The van der Waals surface area contributed by atoms with Crippen LogP contribution in [0.5, 0.6) is 0 Å². The van der Waals surface area contributed by atoms with E-state index in [9.17, 15) is 9.59 Å². The molecule has 1 aromatic carbocycles. The number of amides is 1. The molecule has 2 atom stereocenters. The highest BCUT2D eigenvalue weighted by Gasteiger charge is 2.41. The molecular formula is C24H39N3O5Si. The number of nitrogens with zero attached hydrogens (tertiary/aromatic N) is 2. The van der Waals surface area contributed by atoms with Gasteiger partial charge in [-0.05, 0) is 43.5 Å². The first kappa shape index (κ1) is 27.0. The fourth-order valence-corrected chi connectivity index (χ4v) is 4.37. The smallest absolute Gasteiger partial charge is 0.375 e. The number of nitrogens with two attached hydrogens (primary N) is 1. The number of carbonyl (C=O) groups excluding carboxylic acids is 2. The molecule has 1 heterocycles. The van der Waals surface area contributed by atoms with Gasteiger partial charge in [-0.15, -0.1) is 5.10 Å². The molecule has 184 valence electrons. The van der Waals surface area contributed by atoms with Crippen LogP contribution in [-0.2, 0) is 30.1 Å². The Bertz CT molecular complexity index is 823. The number of amidine groups is 1. The van der Waals surface area contributed by atoms with E-state index >= 15 is 0 Å². The normalized spacial score (nSPS) is 19.8. The number of hydrogen-bond donors (Lipinski definition) is 1. The van der Waals surface area contributed by atoms with Crippen molar-refractivity contribution in [3.05, 3.63) is 35.9 Å². The summed E-state index contributed by atoms with van der Waals surface area (Å²) in [4.78, 5) is 25.0. The van der Waals surface area contributed by atoms with E-state index in [1.54, 1.807) is 6.92 Å². The summed E-state index contributed by atoms with van der Waals surface area (Å²) in [5, 5.41) is 5.56. The van der Waals surface area contributed by atoms with Crippen LogP contribution >= 0.6 is 0 Å². The van der Waals surface area contributed by atoms with E-state index in [-0.39, 0.29) is 29.4 Å². The third-order valence-corrected chi connectivity index (χ3v) is 10.8. The minimum absolute atomic E-state index is 0.136. The highest BCUT2D eigenvalue weighted by molar-refractivity contribution is 6.74. The van der Waals surface area contributed by atoms with Gasteiger partial charge in [0, 0.05) is 13.0 Å². The molecule has 2 rings (SSSR count). The standard InChI is InChI=1S/C24H39N3O5Si/c1-7-30-23(29)21(25)26-27-19(14-11-15-32-33(5,6)24(2,3)4)16-20(22(27)28)31-17-18-12-9-8-10-13-18/h8-10,12-13,19-20H,7,11,14-17H2,1-6H3,(H2,25,26). The Morgan fingerprint density at radius 1 is 1.24 bits per heavy atom. The summed E-state index contributed by atoms with van der Waals surface area (Å²) in [7, 11) is -1.84. The van der Waals surface area contributed by atoms with Crippen molar-refractivity contribution in [2.24, 2.45) is 10.8 Å². The SMILES string of the molecule is CCOC(=O)C(N)=NN1C(=O)C(OCc2ccccc2)CC1CCCO[Si](C)(C)C(C)(C)C. The highest BCUT2D eigenvalue weighted by Crippen LogP contribution is 2.36. The van der Waals surface area contributed by atoms with Gasteiger partial charge in [0.05, 0.1) is 19.3 Å². The second-order valence-electron chi connectivity index (χ2n) is 9.81. The first-order valence-corrected chi connectivity index (χ1v) is 14.5. The molecule has 1 saturated heterocycles. The molecule has 0 aromatic heterocycles. The van der Waals surface area contributed by atoms with Gasteiger partial charge in [-0.25, -0.2) is 9.80 Å². The maximum atomic E-state index is 13.0. The molecule has 1 aliphatic heterocycles. The van der Waals surface area contributed by atoms with Crippen molar-refractivity contribution in [1.82, 2.24) is 5.01 Å². The van der Waals surface area contributed by atoms with Crippen LogP contribution in [0.15, 0.2) is 35.4 Å². The van der Waals surface area contributed by atoms with Gasteiger partial charge in [-0.2, -0.15) is 0 Å². The molecule has 0 bridgehead atoms. The summed E-state index contributed by atoms with van der Waals surface area (Å²) in [6.45, 7) is 13.9. The molecule has 1 fully saturated rings. The number of ether oxygens (including phenoxy) is 2. The summed E-state index contributed by atoms with van der Waals surface area (Å²) in [5.41, 5.74) is 6.78. The largest absolute Gasteiger partial charge is 0.460 e. The quantitative estimate of drug-likeness (QED) is 0.181. The van der Waals surface area contributed by atoms with Crippen LogP contribution < -0.4 is 5.73 Å². The lowest BCUT2D eigenvalue weighted by atomic mass is 10.1. The summed E-state index contributed by atoms with van der Waals surface area (Å²) < 4.78 is 17.1. The van der Waals surface area contributed by atoms with Gasteiger partial charge < -0.3 is 19.6 Å². The Morgan fingerprint density at radius 2 is 1.91 bits per heavy atom. The lowest BCUT2D eigenvalue weighted by molar-refractivity contribution is -0.138. The molecule has 2 N–H and O–H groups in total. The van der Waals surface area contributed by atoms with Gasteiger partial charge in [0.15, 0.2) is 8.32 Å². The van der Waals surface area contributed by atoms with Gasteiger partial charge in [0.25, 0.3) is 5.91 Å². The van der Waals surface area contributed by atoms with Crippen molar-refractivity contribution < 1.29 is 23.5 Å². The molecule has 0 spiro atoms. The molecule has 2 unspecified atom stereocenters. The topological polar surface area (TPSA) is 103 Å². The Labute approximate surface area is 198 Å². The Hall–Kier alpha value is -2.23. The highest BCUT2D eigenvalue weighted by atomic mass is 28.4. The Balaban J connectivity index is 2.05. The van der Waals surface area contributed by atoms with Crippen LogP contribution in [0.2, 0.25) is 18.1 Å². The first-order valence-electron chi connectivity index (χ1n) is 11.6. The zero-order valence-corrected chi connectivity index (χ0v) is 21.8. The van der Waals surface area contributed by atoms with Crippen LogP contribution in [-0.4, -0.2) is 56.4 Å². The minimum atomic E-state index is -1.84. The second-order valence-corrected chi connectivity index (χ2v) is 14.6. The first-order chi connectivity index (χ1) is 15.5. The molecular weight excluding hydrogens is 438 g/mol. The number of benzene rings is 1. The van der Waals surface area contributed by atoms with E-state index in [0.29, 0.717) is 26.1 Å². The predicted molar refractivity (Wildman–Crippen MR) is 131 cm³/mol. The maximum Gasteiger partial charge on any atom is 0.375 e. The third-order valence-electron chi connectivity index (χ3n) is 6.28. The molecule has 33 heavy (non-hydrogen) atoms. The molecule has 0 aliphatic carbocycles. The van der Waals surface area contributed by atoms with Gasteiger partial charge in [-0.1, -0.05) is 51.1 Å². The lowest BCUT2D eigenvalue weighted by Gasteiger charge is -2.36. The zero-order valence-electron chi connectivity index (χ0n) is 20.8. The van der Waals surface area contributed by atoms with Gasteiger partial charge in [0.2, 0.25) is 5.84 Å². The average Bonchev–Trinajstić information content (AvgIpc) is 3.04. The molecule has 1 aromatic rings. The Morgan fingerprint density at radius 3 is 2.52 bits per heavy atom. The number of hydrazone groups is 1. The van der Waals surface area contributed by atoms with E-state index < -0.39 is 20.4 Å². The van der Waals surface area contributed by atoms with E-state index in [1.165, 1.54) is 5.01 Å². The fraction of sp³-hybridized carbons (Fsp3) is 0.625. The summed E-state index contributed by atoms with van der Waals surface area (Å²) >= 11 is 0. The van der Waals surface area contributed by atoms with Gasteiger partial charge in [-0.3, -0.25) is 4.79 Å². The van der Waals surface area contributed by atoms with Gasteiger partial charge in [0.1, 0.15) is 6.10 Å². The van der Waals surface area contributed by atoms with Crippen molar-refractivity contribution in [3.63, 3.8) is 0 Å². The number of rotatable bonds is 10. The van der Waals surface area contributed by atoms with Crippen molar-refractivity contribution in [2.75, 3.05) is 13.2 Å². The molecule has 8 nitrogen and oxygen atoms in total. The molecule has 9 heteroatoms. The van der Waals surface area contributed by atoms with Gasteiger partial charge >= 0.3 is 5.97 Å². The van der Waals surface area contributed by atoms with Crippen LogP contribution in [0.1, 0.15) is 52.5 Å². The van der Waals surface area contributed by atoms with Crippen LogP contribution in [0, 0.1) is 0 Å². The zero-order chi connectivity index (χ0) is 24.6. The van der Waals surface area contributed by atoms with Crippen molar-refractivity contribution in [3.8, 4) is 0 Å². The predicted octanol–water partition coefficient (Wildman–Crippen LogP) is 3.81. The monoisotopic (exact) mass is 477 g/mol. The van der Waals surface area contributed by atoms with E-state index in [2.05, 4.69) is 39.0 Å². The van der Waals surface area contributed by atoms with Crippen LogP contribution in [0.25, 0.3) is 0 Å². The van der Waals surface area contributed by atoms with Crippen LogP contribution in [0.3, 0.4) is 0 Å². The molecule has 1 amide bonds. The van der Waals surface area contributed by atoms with Crippen molar-refractivity contribution in [1.29, 1.82) is 0 Å². The van der Waals surface area contributed by atoms with E-state index in [4.69, 9.17) is 19.6 Å². The summed E-state index contributed by atoms with van der Waals surface area (Å²) in [6.07, 6.45) is 1.27.